The molecule has 17 nitrogen and oxygen atoms in total. The van der Waals surface area contributed by atoms with Crippen molar-refractivity contribution in [3.05, 3.63) is 11.6 Å². The van der Waals surface area contributed by atoms with Gasteiger partial charge in [0.15, 0.2) is 18.9 Å². The Kier molecular flexibility index (Phi) is 15.4. The second kappa shape index (κ2) is 19.3. The number of aliphatic hydroxyl groups is 11. The molecule has 0 spiro atoms. The molecule has 24 atom stereocenters. The van der Waals surface area contributed by atoms with Gasteiger partial charge in [0.2, 0.25) is 0 Å². The highest BCUT2D eigenvalue weighted by Gasteiger charge is 2.70. The molecule has 17 heteroatoms. The molecule has 0 radical (unpaired) electrons. The average molecular weight is 931 g/mol. The second-order valence-corrected chi connectivity index (χ2v) is 22.8. The maximum Gasteiger partial charge on any atom is 0.187 e. The lowest BCUT2D eigenvalue weighted by Crippen LogP contribution is -2.67. The lowest BCUT2D eigenvalue weighted by molar-refractivity contribution is -0.378. The fourth-order valence-corrected chi connectivity index (χ4v) is 14.9. The summed E-state index contributed by atoms with van der Waals surface area (Å²) in [6.07, 6.45) is -11.6. The molecule has 0 aromatic heterocycles. The van der Waals surface area contributed by atoms with Gasteiger partial charge in [0.25, 0.3) is 0 Å². The van der Waals surface area contributed by atoms with Gasteiger partial charge in [-0.15, -0.1) is 0 Å². The Labute approximate surface area is 384 Å². The molecule has 3 saturated heterocycles. The van der Waals surface area contributed by atoms with Crippen LogP contribution in [0.5, 0.6) is 0 Å². The van der Waals surface area contributed by atoms with Crippen molar-refractivity contribution in [2.24, 2.45) is 45.3 Å². The number of rotatable bonds is 13. The number of allylic oxidation sites excluding steroid dienone is 2. The first kappa shape index (κ1) is 51.9. The minimum Gasteiger partial charge on any atom is -0.394 e. The van der Waals surface area contributed by atoms with Gasteiger partial charge in [-0.2, -0.15) is 0 Å². The molecule has 376 valence electrons. The van der Waals surface area contributed by atoms with Crippen LogP contribution in [0.1, 0.15) is 120 Å². The SMILES string of the molecule is CC(C)=CCC[C@](C)(O[C@H]1O[C@@H](CO)[C@H](O)[C@@H](O)[C@@H]1O)[C@@H]1CC[C@]2(C)[C@@H]1CC[C@@H]1[C@]3(C)CC[C@H](O[C@@H]4O[C@H](CO)[C@@H](O)[C@H](O)[C@@H]4O[C@@H]4O[C@H](CO)[C@@H](O)[C@H](O)[C@@H]4O)C(C)(C)[C@@H]3CC[C@@]12C. The van der Waals surface area contributed by atoms with Gasteiger partial charge < -0.3 is 84.6 Å². The van der Waals surface area contributed by atoms with Crippen molar-refractivity contribution in [1.82, 2.24) is 0 Å². The predicted molar refractivity (Wildman–Crippen MR) is 232 cm³/mol. The number of fused-ring (bicyclic) bond motifs is 5. The highest BCUT2D eigenvalue weighted by atomic mass is 16.8. The summed E-state index contributed by atoms with van der Waals surface area (Å²) in [4.78, 5) is 0. The average Bonchev–Trinajstić information content (AvgIpc) is 3.63. The summed E-state index contributed by atoms with van der Waals surface area (Å²) in [6, 6.07) is 0. The van der Waals surface area contributed by atoms with E-state index in [4.69, 9.17) is 28.4 Å². The van der Waals surface area contributed by atoms with Gasteiger partial charge in [-0.25, -0.2) is 0 Å². The molecular formula is C48H82O17. The quantitative estimate of drug-likeness (QED) is 0.0908. The third-order valence-corrected chi connectivity index (χ3v) is 18.8. The predicted octanol–water partition coefficient (Wildman–Crippen LogP) is 1.00. The number of hydrogen-bond acceptors (Lipinski definition) is 17. The van der Waals surface area contributed by atoms with Crippen LogP contribution in [0.3, 0.4) is 0 Å². The van der Waals surface area contributed by atoms with Crippen LogP contribution in [0.25, 0.3) is 0 Å². The molecule has 7 aliphatic rings. The molecule has 0 aromatic rings. The zero-order valence-electron chi connectivity index (χ0n) is 39.7. The van der Waals surface area contributed by atoms with E-state index in [0.717, 1.165) is 51.4 Å². The molecule has 0 bridgehead atoms. The number of hydrogen-bond donors (Lipinski definition) is 11. The van der Waals surface area contributed by atoms with Crippen molar-refractivity contribution in [3.63, 3.8) is 0 Å². The van der Waals surface area contributed by atoms with Crippen LogP contribution >= 0.6 is 0 Å². The van der Waals surface area contributed by atoms with Gasteiger partial charge >= 0.3 is 0 Å². The van der Waals surface area contributed by atoms with Gasteiger partial charge in [-0.3, -0.25) is 0 Å². The molecule has 7 fully saturated rings. The molecular weight excluding hydrogens is 849 g/mol. The highest BCUT2D eigenvalue weighted by Crippen LogP contribution is 2.76. The molecule has 0 aromatic carbocycles. The zero-order chi connectivity index (χ0) is 47.8. The molecule has 7 rings (SSSR count). The largest absolute Gasteiger partial charge is 0.394 e. The Bertz CT molecular complexity index is 1640. The van der Waals surface area contributed by atoms with Crippen LogP contribution in [-0.2, 0) is 28.4 Å². The Balaban J connectivity index is 1.11. The van der Waals surface area contributed by atoms with Gasteiger partial charge in [0.05, 0.1) is 31.5 Å². The summed E-state index contributed by atoms with van der Waals surface area (Å²) >= 11 is 0. The molecule has 3 aliphatic heterocycles. The number of ether oxygens (including phenoxy) is 6. The zero-order valence-corrected chi connectivity index (χ0v) is 39.7. The van der Waals surface area contributed by atoms with Crippen LogP contribution in [-0.4, -0.2) is 180 Å². The van der Waals surface area contributed by atoms with E-state index in [1.165, 1.54) is 5.57 Å². The monoisotopic (exact) mass is 931 g/mol. The maximum absolute atomic E-state index is 11.4. The van der Waals surface area contributed by atoms with Crippen molar-refractivity contribution >= 4 is 0 Å². The van der Waals surface area contributed by atoms with Crippen molar-refractivity contribution in [1.29, 1.82) is 0 Å². The summed E-state index contributed by atoms with van der Waals surface area (Å²) in [7, 11) is 0. The van der Waals surface area contributed by atoms with Crippen LogP contribution in [0.2, 0.25) is 0 Å². The Morgan fingerprint density at radius 2 is 1.12 bits per heavy atom. The topological polar surface area (TPSA) is 278 Å². The smallest absolute Gasteiger partial charge is 0.187 e. The Morgan fingerprint density at radius 1 is 0.585 bits per heavy atom. The van der Waals surface area contributed by atoms with Crippen LogP contribution in [0.4, 0.5) is 0 Å². The lowest BCUT2D eigenvalue weighted by Gasteiger charge is -2.70. The molecule has 11 N–H and O–H groups in total. The van der Waals surface area contributed by atoms with Gasteiger partial charge in [0.1, 0.15) is 73.2 Å². The summed E-state index contributed by atoms with van der Waals surface area (Å²) in [5.74, 6) is 0.995. The Morgan fingerprint density at radius 3 is 1.71 bits per heavy atom. The summed E-state index contributed by atoms with van der Waals surface area (Å²) in [5, 5.41) is 116. The van der Waals surface area contributed by atoms with Crippen molar-refractivity contribution < 1.29 is 84.6 Å². The minimum absolute atomic E-state index is 0.0327. The van der Waals surface area contributed by atoms with Gasteiger partial charge in [-0.05, 0) is 130 Å². The van der Waals surface area contributed by atoms with Crippen molar-refractivity contribution in [2.75, 3.05) is 19.8 Å². The molecule has 0 amide bonds. The second-order valence-electron chi connectivity index (χ2n) is 22.8. The van der Waals surface area contributed by atoms with E-state index in [1.807, 2.05) is 0 Å². The minimum atomic E-state index is -1.77. The summed E-state index contributed by atoms with van der Waals surface area (Å²) in [6.45, 7) is 16.3. The molecule has 3 heterocycles. The van der Waals surface area contributed by atoms with E-state index in [1.54, 1.807) is 0 Å². The van der Waals surface area contributed by atoms with Crippen molar-refractivity contribution in [2.45, 2.75) is 223 Å². The van der Waals surface area contributed by atoms with Gasteiger partial charge in [-0.1, -0.05) is 46.3 Å². The lowest BCUT2D eigenvalue weighted by atomic mass is 9.35. The highest BCUT2D eigenvalue weighted by molar-refractivity contribution is 5.19. The summed E-state index contributed by atoms with van der Waals surface area (Å²) in [5.41, 5.74) is -0.159. The van der Waals surface area contributed by atoms with Crippen LogP contribution < -0.4 is 0 Å². The van der Waals surface area contributed by atoms with E-state index in [2.05, 4.69) is 61.5 Å². The first-order valence-electron chi connectivity index (χ1n) is 24.3. The van der Waals surface area contributed by atoms with Crippen LogP contribution in [0.15, 0.2) is 11.6 Å². The molecule has 65 heavy (non-hydrogen) atoms. The normalized spacial score (nSPS) is 51.9. The van der Waals surface area contributed by atoms with E-state index >= 15 is 0 Å². The summed E-state index contributed by atoms with van der Waals surface area (Å²) < 4.78 is 37.4. The maximum atomic E-state index is 11.4. The fraction of sp³-hybridized carbons (Fsp3) is 0.958. The standard InChI is InChI=1S/C48H82O17/c1-23(2)10-9-16-48(8,65-42-39(59)36(56)33(53)27(21-50)61-42)25-13-18-46(6)24(25)11-12-30-45(5)17-15-31(44(3,4)29(45)14-19-47(30,46)7)63-43-40(37(57)34(54)28(22-51)62-43)64-41-38(58)35(55)32(52)26(20-49)60-41/h10,24-43,49-59H,9,11-22H2,1-8H3/t24-,25-,26-,27+,28-,29+,30-,31+,32-,33+,34-,35+,36-,37+,38+,39+,40+,41+,42-,43+,45-,46-,47+,48+/m1/s1. The van der Waals surface area contributed by atoms with E-state index in [-0.39, 0.29) is 28.1 Å². The number of aliphatic hydroxyl groups excluding tert-OH is 11. The third kappa shape index (κ3) is 8.84. The molecule has 0 unspecified atom stereocenters. The van der Waals surface area contributed by atoms with Crippen LogP contribution in [0, 0.1) is 45.3 Å². The van der Waals surface area contributed by atoms with Crippen molar-refractivity contribution in [3.8, 4) is 0 Å². The van der Waals surface area contributed by atoms with Gasteiger partial charge in [0, 0.05) is 0 Å². The van der Waals surface area contributed by atoms with E-state index in [9.17, 15) is 56.2 Å². The Hall–Kier alpha value is -0.940. The first-order chi connectivity index (χ1) is 30.4. The van der Waals surface area contributed by atoms with E-state index in [0.29, 0.717) is 24.7 Å². The molecule has 4 saturated carbocycles. The fourth-order valence-electron chi connectivity index (χ4n) is 14.9. The first-order valence-corrected chi connectivity index (χ1v) is 24.3. The van der Waals surface area contributed by atoms with E-state index < -0.39 is 129 Å². The molecule has 4 aliphatic carbocycles. The third-order valence-electron chi connectivity index (χ3n) is 18.8.